The van der Waals surface area contributed by atoms with E-state index in [1.54, 1.807) is 0 Å². The zero-order valence-electron chi connectivity index (χ0n) is 13.3. The topological polar surface area (TPSA) is 38.5 Å². The van der Waals surface area contributed by atoms with Crippen molar-refractivity contribution in [1.82, 2.24) is 4.90 Å². The molecule has 2 aromatic rings. The van der Waals surface area contributed by atoms with Crippen LogP contribution < -0.4 is 10.5 Å². The van der Waals surface area contributed by atoms with Crippen LogP contribution in [0.15, 0.2) is 48.5 Å². The Bertz CT molecular complexity index is 625. The van der Waals surface area contributed by atoms with Gasteiger partial charge in [0.25, 0.3) is 0 Å². The highest BCUT2D eigenvalue weighted by molar-refractivity contribution is 5.45. The van der Waals surface area contributed by atoms with Crippen LogP contribution in [0.4, 0.5) is 0 Å². The molecule has 1 atom stereocenters. The van der Waals surface area contributed by atoms with Crippen LogP contribution in [0, 0.1) is 0 Å². The minimum Gasteiger partial charge on any atom is -0.489 e. The highest BCUT2D eigenvalue weighted by Gasteiger charge is 2.32. The van der Waals surface area contributed by atoms with E-state index in [-0.39, 0.29) is 0 Å². The molecule has 2 N–H and O–H groups in total. The molecule has 3 heteroatoms. The molecule has 0 saturated heterocycles. The van der Waals surface area contributed by atoms with E-state index in [1.165, 1.54) is 16.7 Å². The van der Waals surface area contributed by atoms with Crippen LogP contribution in [0.3, 0.4) is 0 Å². The van der Waals surface area contributed by atoms with Crippen LogP contribution in [-0.4, -0.2) is 17.5 Å². The van der Waals surface area contributed by atoms with Gasteiger partial charge in [0.15, 0.2) is 0 Å². The Kier molecular flexibility index (Phi) is 4.46. The van der Waals surface area contributed by atoms with Crippen molar-refractivity contribution in [2.24, 2.45) is 5.73 Å². The Morgan fingerprint density at radius 1 is 1.14 bits per heavy atom. The zero-order valence-corrected chi connectivity index (χ0v) is 13.3. The highest BCUT2D eigenvalue weighted by atomic mass is 16.5. The number of rotatable bonds is 5. The molecule has 0 spiro atoms. The van der Waals surface area contributed by atoms with Gasteiger partial charge in [-0.3, -0.25) is 4.90 Å². The summed E-state index contributed by atoms with van der Waals surface area (Å²) in [4.78, 5) is 2.44. The van der Waals surface area contributed by atoms with E-state index in [2.05, 4.69) is 49.1 Å². The molecular weight excluding hydrogens is 272 g/mol. The predicted molar refractivity (Wildman–Crippen MR) is 89.7 cm³/mol. The summed E-state index contributed by atoms with van der Waals surface area (Å²) in [6.45, 7) is 6.61. The molecule has 0 amide bonds. The first-order valence-electron chi connectivity index (χ1n) is 7.95. The standard InChI is InChI=1S/C19H24N2O/c1-14(2)21-12-17-16(18(21)11-20)9-6-10-19(17)22-13-15-7-4-3-5-8-15/h3-10,14,18H,11-13,20H2,1-2H3. The molecule has 0 fully saturated rings. The van der Waals surface area contributed by atoms with Crippen LogP contribution in [0.5, 0.6) is 5.75 Å². The van der Waals surface area contributed by atoms with Crippen molar-refractivity contribution in [2.45, 2.75) is 39.1 Å². The lowest BCUT2D eigenvalue weighted by molar-refractivity contribution is 0.171. The van der Waals surface area contributed by atoms with Gasteiger partial charge in [-0.15, -0.1) is 0 Å². The first-order valence-corrected chi connectivity index (χ1v) is 7.95. The molecule has 22 heavy (non-hydrogen) atoms. The highest BCUT2D eigenvalue weighted by Crippen LogP contribution is 2.39. The number of fused-ring (bicyclic) bond motifs is 1. The molecule has 2 aromatic carbocycles. The van der Waals surface area contributed by atoms with Crippen molar-refractivity contribution in [3.8, 4) is 5.75 Å². The summed E-state index contributed by atoms with van der Waals surface area (Å²) in [6, 6.07) is 17.4. The molecule has 0 aliphatic carbocycles. The molecule has 0 bridgehead atoms. The van der Waals surface area contributed by atoms with Crippen molar-refractivity contribution >= 4 is 0 Å². The van der Waals surface area contributed by atoms with Gasteiger partial charge in [-0.2, -0.15) is 0 Å². The SMILES string of the molecule is CC(C)N1Cc2c(OCc3ccccc3)cccc2C1CN. The fourth-order valence-corrected chi connectivity index (χ4v) is 3.21. The van der Waals surface area contributed by atoms with E-state index < -0.39 is 0 Å². The van der Waals surface area contributed by atoms with Gasteiger partial charge in [0.1, 0.15) is 12.4 Å². The third-order valence-corrected chi connectivity index (χ3v) is 4.39. The minimum atomic E-state index is 0.301. The summed E-state index contributed by atoms with van der Waals surface area (Å²) < 4.78 is 6.09. The molecule has 3 rings (SSSR count). The van der Waals surface area contributed by atoms with E-state index in [1.807, 2.05) is 18.2 Å². The molecule has 1 aliphatic rings. The van der Waals surface area contributed by atoms with Crippen LogP contribution in [0.1, 0.15) is 36.6 Å². The zero-order chi connectivity index (χ0) is 15.5. The van der Waals surface area contributed by atoms with E-state index in [0.29, 0.717) is 25.2 Å². The summed E-state index contributed by atoms with van der Waals surface area (Å²) in [7, 11) is 0. The molecule has 0 saturated carbocycles. The lowest BCUT2D eigenvalue weighted by atomic mass is 10.0. The van der Waals surface area contributed by atoms with Crippen molar-refractivity contribution in [3.63, 3.8) is 0 Å². The van der Waals surface area contributed by atoms with Gasteiger partial charge >= 0.3 is 0 Å². The molecular formula is C19H24N2O. The van der Waals surface area contributed by atoms with E-state index in [0.717, 1.165) is 12.3 Å². The Morgan fingerprint density at radius 3 is 2.59 bits per heavy atom. The first kappa shape index (κ1) is 15.1. The third-order valence-electron chi connectivity index (χ3n) is 4.39. The maximum atomic E-state index is 6.09. The number of hydrogen-bond acceptors (Lipinski definition) is 3. The van der Waals surface area contributed by atoms with E-state index >= 15 is 0 Å². The third kappa shape index (κ3) is 2.87. The Morgan fingerprint density at radius 2 is 1.91 bits per heavy atom. The number of nitrogens with zero attached hydrogens (tertiary/aromatic N) is 1. The van der Waals surface area contributed by atoms with Crippen LogP contribution >= 0.6 is 0 Å². The van der Waals surface area contributed by atoms with E-state index in [9.17, 15) is 0 Å². The fraction of sp³-hybridized carbons (Fsp3) is 0.368. The van der Waals surface area contributed by atoms with Crippen molar-refractivity contribution in [3.05, 3.63) is 65.2 Å². The molecule has 0 aromatic heterocycles. The summed E-state index contributed by atoms with van der Waals surface area (Å²) in [5, 5.41) is 0. The predicted octanol–water partition coefficient (Wildman–Crippen LogP) is 3.49. The van der Waals surface area contributed by atoms with Gasteiger partial charge < -0.3 is 10.5 Å². The number of benzene rings is 2. The van der Waals surface area contributed by atoms with Crippen LogP contribution in [-0.2, 0) is 13.2 Å². The summed E-state index contributed by atoms with van der Waals surface area (Å²) >= 11 is 0. The normalized spacial score (nSPS) is 17.7. The molecule has 0 radical (unpaired) electrons. The van der Waals surface area contributed by atoms with Crippen LogP contribution in [0.2, 0.25) is 0 Å². The average Bonchev–Trinajstić information content (AvgIpc) is 2.93. The smallest absolute Gasteiger partial charge is 0.124 e. The Balaban J connectivity index is 1.82. The van der Waals surface area contributed by atoms with Gasteiger partial charge in [-0.25, -0.2) is 0 Å². The Labute approximate surface area is 132 Å². The average molecular weight is 296 g/mol. The maximum Gasteiger partial charge on any atom is 0.124 e. The van der Waals surface area contributed by atoms with Gasteiger partial charge in [0, 0.05) is 30.7 Å². The minimum absolute atomic E-state index is 0.301. The van der Waals surface area contributed by atoms with Gasteiger partial charge in [-0.05, 0) is 31.0 Å². The van der Waals surface area contributed by atoms with Gasteiger partial charge in [-0.1, -0.05) is 42.5 Å². The molecule has 1 unspecified atom stereocenters. The lowest BCUT2D eigenvalue weighted by Crippen LogP contribution is -2.33. The van der Waals surface area contributed by atoms with Crippen molar-refractivity contribution < 1.29 is 4.74 Å². The quantitative estimate of drug-likeness (QED) is 0.918. The van der Waals surface area contributed by atoms with Crippen molar-refractivity contribution in [1.29, 1.82) is 0 Å². The molecule has 1 aliphatic heterocycles. The summed E-state index contributed by atoms with van der Waals surface area (Å²) in [5.74, 6) is 0.989. The maximum absolute atomic E-state index is 6.09. The fourth-order valence-electron chi connectivity index (χ4n) is 3.21. The van der Waals surface area contributed by atoms with Gasteiger partial charge in [0.2, 0.25) is 0 Å². The lowest BCUT2D eigenvalue weighted by Gasteiger charge is -2.27. The number of ether oxygens (including phenoxy) is 1. The Hall–Kier alpha value is -1.84. The molecule has 3 nitrogen and oxygen atoms in total. The molecule has 116 valence electrons. The molecule has 1 heterocycles. The monoisotopic (exact) mass is 296 g/mol. The largest absolute Gasteiger partial charge is 0.489 e. The number of nitrogens with two attached hydrogens (primary N) is 1. The first-order chi connectivity index (χ1) is 10.7. The second-order valence-corrected chi connectivity index (χ2v) is 6.12. The second kappa shape index (κ2) is 6.51. The summed E-state index contributed by atoms with van der Waals surface area (Å²) in [5.41, 5.74) is 9.81. The van der Waals surface area contributed by atoms with Gasteiger partial charge in [0.05, 0.1) is 0 Å². The van der Waals surface area contributed by atoms with Crippen molar-refractivity contribution in [2.75, 3.05) is 6.54 Å². The summed E-state index contributed by atoms with van der Waals surface area (Å²) in [6.07, 6.45) is 0. The van der Waals surface area contributed by atoms with Crippen LogP contribution in [0.25, 0.3) is 0 Å². The number of hydrogen-bond donors (Lipinski definition) is 1. The second-order valence-electron chi connectivity index (χ2n) is 6.12. The van der Waals surface area contributed by atoms with E-state index in [4.69, 9.17) is 10.5 Å².